The fraction of sp³-hybridized carbons (Fsp3) is 0.634. The number of piperidine rings is 1. The first kappa shape index (κ1) is 42.2. The first-order valence-corrected chi connectivity index (χ1v) is 19.7. The average molecular weight is 723 g/mol. The number of aldehydes is 1. The SMILES string of the molecule is C=CCOCN(C(=O)[C@@H](CC(=O)[C@H]1CCCCN1C)C(C)CC)[C@H](C[C@@H](C)c1nc(C(=O)N[C@@H](Cc2ccccc2)C[C@H](C)C=O)cs1)C(C)C. The van der Waals surface area contributed by atoms with Crippen LogP contribution in [0.4, 0.5) is 0 Å². The molecule has 2 heterocycles. The molecule has 51 heavy (non-hydrogen) atoms. The monoisotopic (exact) mass is 722 g/mol. The van der Waals surface area contributed by atoms with E-state index in [2.05, 4.69) is 51.4 Å². The van der Waals surface area contributed by atoms with Gasteiger partial charge in [-0.15, -0.1) is 17.9 Å². The molecule has 1 aliphatic rings. The lowest BCUT2D eigenvalue weighted by Crippen LogP contribution is -2.50. The van der Waals surface area contributed by atoms with Gasteiger partial charge in [-0.3, -0.25) is 19.3 Å². The molecule has 1 N–H and O–H groups in total. The van der Waals surface area contributed by atoms with E-state index in [9.17, 15) is 19.2 Å². The zero-order chi connectivity index (χ0) is 37.5. The Bertz CT molecular complexity index is 1400. The Kier molecular flexibility index (Phi) is 17.7. The predicted octanol–water partition coefficient (Wildman–Crippen LogP) is 7.32. The van der Waals surface area contributed by atoms with Gasteiger partial charge in [0.25, 0.3) is 5.91 Å². The van der Waals surface area contributed by atoms with Crippen LogP contribution in [0.5, 0.6) is 0 Å². The smallest absolute Gasteiger partial charge is 0.270 e. The number of Topliss-reactive ketones (excluding diaryl/α,β-unsaturated/α-hetero) is 1. The van der Waals surface area contributed by atoms with Gasteiger partial charge < -0.3 is 19.7 Å². The van der Waals surface area contributed by atoms with Crippen LogP contribution in [0.1, 0.15) is 113 Å². The average Bonchev–Trinajstić information content (AvgIpc) is 3.62. The number of hydrogen-bond donors (Lipinski definition) is 1. The normalized spacial score (nSPS) is 18.6. The van der Waals surface area contributed by atoms with Crippen molar-refractivity contribution in [2.45, 2.75) is 117 Å². The predicted molar refractivity (Wildman–Crippen MR) is 206 cm³/mol. The highest BCUT2D eigenvalue weighted by Crippen LogP contribution is 2.32. The molecule has 282 valence electrons. The van der Waals surface area contributed by atoms with Crippen LogP contribution in [0, 0.1) is 23.7 Å². The summed E-state index contributed by atoms with van der Waals surface area (Å²) in [7, 11) is 2.01. The van der Waals surface area contributed by atoms with E-state index in [1.165, 1.54) is 11.3 Å². The topological polar surface area (TPSA) is 109 Å². The number of nitrogens with one attached hydrogen (secondary N) is 1. The van der Waals surface area contributed by atoms with Gasteiger partial charge in [0, 0.05) is 41.6 Å². The van der Waals surface area contributed by atoms with Crippen molar-refractivity contribution in [3.63, 3.8) is 0 Å². The quantitative estimate of drug-likeness (QED) is 0.0587. The highest BCUT2D eigenvalue weighted by Gasteiger charge is 2.38. The molecule has 2 aromatic rings. The number of carbonyl (C=O) groups excluding carboxylic acids is 4. The number of aromatic nitrogens is 1. The molecule has 1 saturated heterocycles. The van der Waals surface area contributed by atoms with Crippen LogP contribution in [-0.4, -0.2) is 83.7 Å². The minimum atomic E-state index is -0.442. The summed E-state index contributed by atoms with van der Waals surface area (Å²) in [5.41, 5.74) is 1.44. The first-order chi connectivity index (χ1) is 24.4. The van der Waals surface area contributed by atoms with E-state index in [-0.39, 0.29) is 72.5 Å². The largest absolute Gasteiger partial charge is 0.357 e. The molecule has 1 aromatic carbocycles. The van der Waals surface area contributed by atoms with Crippen LogP contribution in [0.15, 0.2) is 48.4 Å². The van der Waals surface area contributed by atoms with E-state index in [4.69, 9.17) is 9.72 Å². The zero-order valence-corrected chi connectivity index (χ0v) is 32.8. The minimum Gasteiger partial charge on any atom is -0.357 e. The van der Waals surface area contributed by atoms with Crippen molar-refractivity contribution in [2.24, 2.45) is 23.7 Å². The number of amides is 2. The van der Waals surface area contributed by atoms with Gasteiger partial charge in [0.2, 0.25) is 5.91 Å². The van der Waals surface area contributed by atoms with Gasteiger partial charge in [-0.1, -0.05) is 90.8 Å². The van der Waals surface area contributed by atoms with Crippen LogP contribution in [0.3, 0.4) is 0 Å². The zero-order valence-electron chi connectivity index (χ0n) is 32.0. The summed E-state index contributed by atoms with van der Waals surface area (Å²) >= 11 is 1.44. The van der Waals surface area contributed by atoms with Crippen molar-refractivity contribution in [1.29, 1.82) is 0 Å². The van der Waals surface area contributed by atoms with Crippen LogP contribution < -0.4 is 5.32 Å². The molecule has 0 radical (unpaired) electrons. The van der Waals surface area contributed by atoms with Gasteiger partial charge in [0.15, 0.2) is 5.78 Å². The summed E-state index contributed by atoms with van der Waals surface area (Å²) in [6.07, 6.45) is 8.36. The Morgan fingerprint density at radius 3 is 2.47 bits per heavy atom. The summed E-state index contributed by atoms with van der Waals surface area (Å²) < 4.78 is 5.94. The Labute approximate surface area is 310 Å². The lowest BCUT2D eigenvalue weighted by Gasteiger charge is -2.39. The molecule has 3 rings (SSSR count). The van der Waals surface area contributed by atoms with Crippen molar-refractivity contribution in [3.8, 4) is 0 Å². The third-order valence-electron chi connectivity index (χ3n) is 10.5. The van der Waals surface area contributed by atoms with Crippen molar-refractivity contribution in [2.75, 3.05) is 26.9 Å². The standard InChI is InChI=1S/C41H62N4O5S/c1-9-20-50-27-45(41(49)34(30(6)10-2)24-38(47)36-18-14-15-19-44(36)8)37(28(3)4)22-31(7)40-43-35(26-51-40)39(48)42-33(21-29(5)25-46)23-32-16-12-11-13-17-32/h9,11-13,16-17,25-26,28-31,33-34,36-37H,1,10,14-15,18-24,27H2,2-8H3,(H,42,48)/t29-,30?,31+,33+,34-,36+,37+/m0/s1. The number of ketones is 1. The number of thiazole rings is 1. The first-order valence-electron chi connectivity index (χ1n) is 18.9. The number of benzene rings is 1. The highest BCUT2D eigenvalue weighted by atomic mass is 32.1. The van der Waals surface area contributed by atoms with Crippen LogP contribution >= 0.6 is 11.3 Å². The Morgan fingerprint density at radius 1 is 1.12 bits per heavy atom. The molecule has 10 heteroatoms. The second-order valence-electron chi connectivity index (χ2n) is 15.0. The molecule has 7 atom stereocenters. The van der Waals surface area contributed by atoms with E-state index in [1.54, 1.807) is 11.5 Å². The van der Waals surface area contributed by atoms with Crippen molar-refractivity contribution in [1.82, 2.24) is 20.1 Å². The molecule has 1 aliphatic heterocycles. The molecular weight excluding hydrogens is 661 g/mol. The van der Waals surface area contributed by atoms with Crippen molar-refractivity contribution in [3.05, 3.63) is 64.6 Å². The summed E-state index contributed by atoms with van der Waals surface area (Å²) in [4.78, 5) is 61.9. The lowest BCUT2D eigenvalue weighted by atomic mass is 9.82. The third-order valence-corrected chi connectivity index (χ3v) is 11.5. The number of ether oxygens (including phenoxy) is 1. The lowest BCUT2D eigenvalue weighted by molar-refractivity contribution is -0.150. The summed E-state index contributed by atoms with van der Waals surface area (Å²) in [6.45, 7) is 17.4. The third kappa shape index (κ3) is 12.8. The minimum absolute atomic E-state index is 0.0303. The number of rotatable bonds is 22. The van der Waals surface area contributed by atoms with Gasteiger partial charge in [0.05, 0.1) is 17.7 Å². The van der Waals surface area contributed by atoms with Gasteiger partial charge >= 0.3 is 0 Å². The Hall–Kier alpha value is -3.21. The summed E-state index contributed by atoms with van der Waals surface area (Å²) in [5, 5.41) is 5.74. The maximum Gasteiger partial charge on any atom is 0.270 e. The van der Waals surface area contributed by atoms with Crippen molar-refractivity contribution < 1.29 is 23.9 Å². The maximum absolute atomic E-state index is 14.6. The number of carbonyl (C=O) groups is 4. The molecule has 0 saturated carbocycles. The van der Waals surface area contributed by atoms with E-state index >= 15 is 0 Å². The molecule has 9 nitrogen and oxygen atoms in total. The molecule has 2 amide bonds. The fourth-order valence-electron chi connectivity index (χ4n) is 7.12. The summed E-state index contributed by atoms with van der Waals surface area (Å²) in [6, 6.07) is 9.40. The molecule has 0 spiro atoms. The number of likely N-dealkylation sites (N-methyl/N-ethyl adjacent to an activating group) is 1. The van der Waals surface area contributed by atoms with E-state index in [1.807, 2.05) is 49.2 Å². The number of nitrogens with zero attached hydrogens (tertiary/aromatic N) is 3. The highest BCUT2D eigenvalue weighted by molar-refractivity contribution is 7.09. The van der Waals surface area contributed by atoms with E-state index < -0.39 is 5.92 Å². The molecular formula is C41H62N4O5S. The molecule has 0 aliphatic carbocycles. The molecule has 1 unspecified atom stereocenters. The second kappa shape index (κ2) is 21.3. The van der Waals surface area contributed by atoms with Crippen LogP contribution in [-0.2, 0) is 25.5 Å². The molecule has 0 bridgehead atoms. The fourth-order valence-corrected chi connectivity index (χ4v) is 7.99. The Morgan fingerprint density at radius 2 is 1.84 bits per heavy atom. The second-order valence-corrected chi connectivity index (χ2v) is 15.9. The van der Waals surface area contributed by atoms with Crippen LogP contribution in [0.25, 0.3) is 0 Å². The Balaban J connectivity index is 1.80. The number of likely N-dealkylation sites (tertiary alicyclic amines) is 1. The van der Waals surface area contributed by atoms with Gasteiger partial charge in [-0.2, -0.15) is 0 Å². The maximum atomic E-state index is 14.6. The van der Waals surface area contributed by atoms with E-state index in [0.29, 0.717) is 31.6 Å². The molecule has 1 aromatic heterocycles. The molecule has 1 fully saturated rings. The van der Waals surface area contributed by atoms with Gasteiger partial charge in [-0.05, 0) is 63.1 Å². The van der Waals surface area contributed by atoms with Crippen LogP contribution in [0.2, 0.25) is 0 Å². The van der Waals surface area contributed by atoms with Gasteiger partial charge in [0.1, 0.15) is 18.7 Å². The van der Waals surface area contributed by atoms with Crippen molar-refractivity contribution >= 4 is 35.2 Å². The van der Waals surface area contributed by atoms with E-state index in [0.717, 1.165) is 49.1 Å². The van der Waals surface area contributed by atoms with Gasteiger partial charge in [-0.25, -0.2) is 4.98 Å². The summed E-state index contributed by atoms with van der Waals surface area (Å²) in [5.74, 6) is -0.701. The number of hydrogen-bond acceptors (Lipinski definition) is 8.